The summed E-state index contributed by atoms with van der Waals surface area (Å²) >= 11 is 0. The Morgan fingerprint density at radius 2 is 1.67 bits per heavy atom. The Morgan fingerprint density at radius 1 is 1.04 bits per heavy atom. The van der Waals surface area contributed by atoms with Crippen LogP contribution < -0.4 is 4.74 Å². The molecular weight excluding hydrogens is 313 g/mol. The second kappa shape index (κ2) is 5.63. The number of aromatic nitrogens is 1. The summed E-state index contributed by atoms with van der Waals surface area (Å²) in [6.45, 7) is 3.31. The number of halogens is 1. The van der Waals surface area contributed by atoms with Gasteiger partial charge in [0.2, 0.25) is 11.6 Å². The van der Waals surface area contributed by atoms with Crippen molar-refractivity contribution in [3.05, 3.63) is 58.4 Å². The average Bonchev–Trinajstić information content (AvgIpc) is 2.81. The van der Waals surface area contributed by atoms with Gasteiger partial charge in [-0.2, -0.15) is 0 Å². The van der Waals surface area contributed by atoms with Gasteiger partial charge in [0.1, 0.15) is 17.3 Å². The zero-order valence-electron chi connectivity index (χ0n) is 13.8. The summed E-state index contributed by atoms with van der Waals surface area (Å²) in [4.78, 5) is 25.3. The topological polar surface area (TPSA) is 57.5 Å². The van der Waals surface area contributed by atoms with Crippen molar-refractivity contribution in [3.63, 3.8) is 0 Å². The number of nitrogens with zero attached hydrogens (tertiary/aromatic N) is 1. The number of Topliss-reactive ketones (excluding diaryl/α,β-unsaturated/α-hetero) is 2. The maximum Gasteiger partial charge on any atom is 0.234 e. The van der Waals surface area contributed by atoms with Crippen molar-refractivity contribution in [1.29, 1.82) is 0 Å². The van der Waals surface area contributed by atoms with Crippen LogP contribution in [0.3, 0.4) is 0 Å². The molecule has 1 heterocycles. The van der Waals surface area contributed by atoms with E-state index in [9.17, 15) is 14.0 Å². The Labute approximate surface area is 138 Å². The highest BCUT2D eigenvalue weighted by atomic mass is 19.1. The second-order valence-electron chi connectivity index (χ2n) is 5.57. The molecule has 1 aliphatic carbocycles. The van der Waals surface area contributed by atoms with Crippen LogP contribution in [-0.2, 0) is 11.8 Å². The fourth-order valence-electron chi connectivity index (χ4n) is 2.81. The Bertz CT molecular complexity index is 891. The monoisotopic (exact) mass is 329 g/mol. The highest BCUT2D eigenvalue weighted by molar-refractivity contribution is 6.26. The van der Waals surface area contributed by atoms with Crippen LogP contribution in [0.15, 0.2) is 35.6 Å². The lowest BCUT2D eigenvalue weighted by Crippen LogP contribution is -2.23. The van der Waals surface area contributed by atoms with Gasteiger partial charge in [-0.15, -0.1) is 0 Å². The number of ether oxygens (including phenoxy) is 2. The van der Waals surface area contributed by atoms with Gasteiger partial charge in [0.05, 0.1) is 18.4 Å². The van der Waals surface area contributed by atoms with Crippen LogP contribution in [0.1, 0.15) is 33.5 Å². The number of fused-ring (bicyclic) bond motifs is 1. The van der Waals surface area contributed by atoms with Gasteiger partial charge in [-0.25, -0.2) is 4.39 Å². The van der Waals surface area contributed by atoms with Crippen LogP contribution in [0, 0.1) is 12.7 Å². The van der Waals surface area contributed by atoms with Crippen molar-refractivity contribution >= 4 is 11.6 Å². The Hall–Kier alpha value is -2.89. The molecule has 2 aromatic rings. The number of hydrogen-bond acceptors (Lipinski definition) is 4. The molecular formula is C18H16FNO4. The molecule has 0 radical (unpaired) electrons. The van der Waals surface area contributed by atoms with E-state index in [1.807, 2.05) is 0 Å². The van der Waals surface area contributed by atoms with Crippen molar-refractivity contribution in [1.82, 2.24) is 4.57 Å². The molecule has 0 amide bonds. The molecule has 5 nitrogen and oxygen atoms in total. The molecule has 124 valence electrons. The van der Waals surface area contributed by atoms with Crippen molar-refractivity contribution in [2.75, 3.05) is 7.11 Å². The summed E-state index contributed by atoms with van der Waals surface area (Å²) < 4.78 is 25.6. The van der Waals surface area contributed by atoms with Gasteiger partial charge in [-0.05, 0) is 38.1 Å². The number of hydrogen-bond donors (Lipinski definition) is 0. The fourth-order valence-corrected chi connectivity index (χ4v) is 2.81. The minimum absolute atomic E-state index is 0.0158. The van der Waals surface area contributed by atoms with Crippen molar-refractivity contribution in [3.8, 4) is 11.5 Å². The van der Waals surface area contributed by atoms with Gasteiger partial charge in [0.25, 0.3) is 0 Å². The number of methoxy groups -OCH3 is 1. The lowest BCUT2D eigenvalue weighted by Gasteiger charge is -2.17. The Morgan fingerprint density at radius 3 is 2.25 bits per heavy atom. The van der Waals surface area contributed by atoms with E-state index in [0.29, 0.717) is 11.4 Å². The molecule has 24 heavy (non-hydrogen) atoms. The molecule has 0 unspecified atom stereocenters. The molecule has 0 spiro atoms. The maximum absolute atomic E-state index is 13.1. The van der Waals surface area contributed by atoms with Crippen molar-refractivity contribution in [2.45, 2.75) is 13.8 Å². The molecule has 6 heteroatoms. The average molecular weight is 329 g/mol. The van der Waals surface area contributed by atoms with Crippen LogP contribution in [0.4, 0.5) is 4.39 Å². The van der Waals surface area contributed by atoms with Gasteiger partial charge in [-0.1, -0.05) is 0 Å². The normalized spacial score (nSPS) is 14.0. The highest BCUT2D eigenvalue weighted by Crippen LogP contribution is 2.39. The van der Waals surface area contributed by atoms with Crippen molar-refractivity contribution < 1.29 is 23.5 Å². The summed E-state index contributed by atoms with van der Waals surface area (Å²) in [5.74, 6) is -0.396. The maximum atomic E-state index is 13.1. The van der Waals surface area contributed by atoms with Gasteiger partial charge >= 0.3 is 0 Å². The van der Waals surface area contributed by atoms with E-state index in [-0.39, 0.29) is 39.9 Å². The summed E-state index contributed by atoms with van der Waals surface area (Å²) in [6, 6.07) is 5.44. The fraction of sp³-hybridized carbons (Fsp3) is 0.222. The summed E-state index contributed by atoms with van der Waals surface area (Å²) in [5.41, 5.74) is 1.33. The summed E-state index contributed by atoms with van der Waals surface area (Å²) in [6.07, 6.45) is 0. The van der Waals surface area contributed by atoms with Gasteiger partial charge in [-0.3, -0.25) is 9.59 Å². The van der Waals surface area contributed by atoms with E-state index < -0.39 is 5.78 Å². The van der Waals surface area contributed by atoms with Crippen LogP contribution >= 0.6 is 0 Å². The smallest absolute Gasteiger partial charge is 0.234 e. The number of allylic oxidation sites excluding steroid dienone is 2. The first-order valence-corrected chi connectivity index (χ1v) is 7.33. The van der Waals surface area contributed by atoms with Gasteiger partial charge in [0.15, 0.2) is 11.5 Å². The molecule has 1 aliphatic rings. The Kier molecular flexibility index (Phi) is 3.75. The Balaban J connectivity index is 2.17. The van der Waals surface area contributed by atoms with E-state index >= 15 is 0 Å². The van der Waals surface area contributed by atoms with Crippen LogP contribution in [-0.4, -0.2) is 23.2 Å². The molecule has 1 aromatic heterocycles. The van der Waals surface area contributed by atoms with Crippen LogP contribution in [0.2, 0.25) is 0 Å². The molecule has 3 rings (SSSR count). The number of benzene rings is 1. The molecule has 0 N–H and O–H groups in total. The minimum Gasteiger partial charge on any atom is -0.492 e. The molecule has 0 aliphatic heterocycles. The third kappa shape index (κ3) is 2.22. The zero-order chi connectivity index (χ0) is 17.6. The molecule has 1 aromatic carbocycles. The number of rotatable bonds is 3. The SMILES string of the molecule is COC1=C(C)C(=O)c2c(c(Oc3ccc(F)cc3)c(C)n2C)C1=O. The lowest BCUT2D eigenvalue weighted by molar-refractivity contribution is 0.0901. The first kappa shape index (κ1) is 16.0. The predicted molar refractivity (Wildman–Crippen MR) is 85.0 cm³/mol. The first-order valence-electron chi connectivity index (χ1n) is 7.33. The lowest BCUT2D eigenvalue weighted by atomic mass is 9.93. The predicted octanol–water partition coefficient (Wildman–Crippen LogP) is 3.56. The number of carbonyl (C=O) groups is 2. The first-order chi connectivity index (χ1) is 11.4. The van der Waals surface area contributed by atoms with Crippen LogP contribution in [0.25, 0.3) is 0 Å². The molecule has 0 saturated heterocycles. The quantitative estimate of drug-likeness (QED) is 0.864. The van der Waals surface area contributed by atoms with Crippen LogP contribution in [0.5, 0.6) is 11.5 Å². The third-order valence-electron chi connectivity index (χ3n) is 4.20. The molecule has 0 saturated carbocycles. The minimum atomic E-state index is -0.398. The molecule has 0 atom stereocenters. The van der Waals surface area contributed by atoms with Gasteiger partial charge in [0, 0.05) is 12.6 Å². The highest BCUT2D eigenvalue weighted by Gasteiger charge is 2.38. The van der Waals surface area contributed by atoms with E-state index in [1.165, 1.54) is 31.4 Å². The largest absolute Gasteiger partial charge is 0.492 e. The van der Waals surface area contributed by atoms with E-state index in [2.05, 4.69) is 0 Å². The molecule has 0 fully saturated rings. The van der Waals surface area contributed by atoms with E-state index in [4.69, 9.17) is 9.47 Å². The number of carbonyl (C=O) groups excluding carboxylic acids is 2. The van der Waals surface area contributed by atoms with Crippen molar-refractivity contribution in [2.24, 2.45) is 7.05 Å². The zero-order valence-corrected chi connectivity index (χ0v) is 13.8. The van der Waals surface area contributed by atoms with E-state index in [0.717, 1.165) is 0 Å². The summed E-state index contributed by atoms with van der Waals surface area (Å²) in [5, 5.41) is 0. The summed E-state index contributed by atoms with van der Waals surface area (Å²) in [7, 11) is 3.05. The second-order valence-corrected chi connectivity index (χ2v) is 5.57. The molecule has 0 bridgehead atoms. The standard InChI is InChI=1S/C18H16FNO4/c1-9-15(21)14-13(16(22)17(9)23-4)18(10(2)20(14)3)24-12-7-5-11(19)6-8-12/h5-8H,1-4H3. The number of ketones is 2. The van der Waals surface area contributed by atoms with E-state index in [1.54, 1.807) is 25.5 Å². The van der Waals surface area contributed by atoms with Gasteiger partial charge < -0.3 is 14.0 Å². The third-order valence-corrected chi connectivity index (χ3v) is 4.20.